The van der Waals surface area contributed by atoms with Crippen LogP contribution < -0.4 is 5.32 Å². The molecule has 7 heteroatoms. The molecule has 26 heavy (non-hydrogen) atoms. The van der Waals surface area contributed by atoms with Gasteiger partial charge in [-0.15, -0.1) is 12.4 Å². The van der Waals surface area contributed by atoms with E-state index in [0.29, 0.717) is 25.3 Å². The number of hydrogen-bond donors (Lipinski definition) is 1. The highest BCUT2D eigenvalue weighted by Crippen LogP contribution is 2.40. The highest BCUT2D eigenvalue weighted by molar-refractivity contribution is 5.85. The molecule has 146 valence electrons. The van der Waals surface area contributed by atoms with E-state index < -0.39 is 17.8 Å². The first kappa shape index (κ1) is 21.0. The van der Waals surface area contributed by atoms with E-state index >= 15 is 0 Å². The first-order valence-corrected chi connectivity index (χ1v) is 9.13. The summed E-state index contributed by atoms with van der Waals surface area (Å²) in [6, 6.07) is 5.23. The number of nitrogens with one attached hydrogen (secondary N) is 1. The van der Waals surface area contributed by atoms with Crippen LogP contribution in [-0.4, -0.2) is 30.4 Å². The fourth-order valence-corrected chi connectivity index (χ4v) is 4.03. The Labute approximate surface area is 158 Å². The summed E-state index contributed by atoms with van der Waals surface area (Å²) < 4.78 is 40.1. The van der Waals surface area contributed by atoms with Crippen LogP contribution in [0.1, 0.15) is 55.7 Å². The molecule has 2 heterocycles. The average Bonchev–Trinajstić information content (AvgIpc) is 3.12. The standard InChI is InChI=1S/C19H25F3N2O.ClH/c20-19(21,22)16-6-2-1-5-15(16)17-7-3-4-12-24(17)18(25)9-8-14-10-11-23-13-14;/h1-2,5-6,14,17,23H,3-4,7-13H2;1H. The van der Waals surface area contributed by atoms with Crippen molar-refractivity contribution in [2.75, 3.05) is 19.6 Å². The zero-order chi connectivity index (χ0) is 17.9. The summed E-state index contributed by atoms with van der Waals surface area (Å²) in [5.74, 6) is 0.503. The van der Waals surface area contributed by atoms with Crippen molar-refractivity contribution in [2.24, 2.45) is 5.92 Å². The second kappa shape index (κ2) is 9.09. The number of likely N-dealkylation sites (tertiary alicyclic amines) is 1. The van der Waals surface area contributed by atoms with E-state index in [4.69, 9.17) is 0 Å². The van der Waals surface area contributed by atoms with Gasteiger partial charge in [0, 0.05) is 13.0 Å². The van der Waals surface area contributed by atoms with E-state index in [0.717, 1.165) is 44.8 Å². The van der Waals surface area contributed by atoms with Crippen molar-refractivity contribution in [1.29, 1.82) is 0 Å². The molecule has 2 aliphatic rings. The van der Waals surface area contributed by atoms with Crippen LogP contribution in [0, 0.1) is 5.92 Å². The number of halogens is 4. The molecule has 1 aromatic carbocycles. The molecule has 0 radical (unpaired) electrons. The zero-order valence-electron chi connectivity index (χ0n) is 14.7. The Kier molecular flexibility index (Phi) is 7.35. The summed E-state index contributed by atoms with van der Waals surface area (Å²) in [4.78, 5) is 14.4. The van der Waals surface area contributed by atoms with Crippen molar-refractivity contribution in [1.82, 2.24) is 10.2 Å². The molecule has 2 saturated heterocycles. The third-order valence-electron chi connectivity index (χ3n) is 5.38. The molecule has 2 fully saturated rings. The molecule has 0 aliphatic carbocycles. The maximum Gasteiger partial charge on any atom is 0.416 e. The van der Waals surface area contributed by atoms with Crippen molar-refractivity contribution >= 4 is 18.3 Å². The molecular weight excluding hydrogens is 365 g/mol. The van der Waals surface area contributed by atoms with Crippen LogP contribution >= 0.6 is 12.4 Å². The van der Waals surface area contributed by atoms with Gasteiger partial charge in [-0.25, -0.2) is 0 Å². The van der Waals surface area contributed by atoms with Crippen LogP contribution in [0.25, 0.3) is 0 Å². The molecular formula is C19H26ClF3N2O. The molecule has 1 amide bonds. The minimum atomic E-state index is -4.39. The highest BCUT2D eigenvalue weighted by Gasteiger charge is 2.38. The predicted octanol–water partition coefficient (Wildman–Crippen LogP) is 4.57. The lowest BCUT2D eigenvalue weighted by Crippen LogP contribution is -2.39. The third-order valence-corrected chi connectivity index (χ3v) is 5.38. The Morgan fingerprint density at radius 1 is 1.19 bits per heavy atom. The topological polar surface area (TPSA) is 32.3 Å². The van der Waals surface area contributed by atoms with Crippen LogP contribution in [0.5, 0.6) is 0 Å². The number of carbonyl (C=O) groups is 1. The number of benzene rings is 1. The van der Waals surface area contributed by atoms with Crippen molar-refractivity contribution in [3.05, 3.63) is 35.4 Å². The summed E-state index contributed by atoms with van der Waals surface area (Å²) in [5, 5.41) is 3.28. The predicted molar refractivity (Wildman–Crippen MR) is 97.2 cm³/mol. The molecule has 0 aromatic heterocycles. The van der Waals surface area contributed by atoms with Gasteiger partial charge in [-0.05, 0) is 62.7 Å². The maximum atomic E-state index is 13.4. The number of nitrogens with zero attached hydrogens (tertiary/aromatic N) is 1. The maximum absolute atomic E-state index is 13.4. The molecule has 3 nitrogen and oxygen atoms in total. The lowest BCUT2D eigenvalue weighted by molar-refractivity contribution is -0.142. The largest absolute Gasteiger partial charge is 0.416 e. The van der Waals surface area contributed by atoms with Crippen molar-refractivity contribution in [2.45, 2.75) is 50.7 Å². The van der Waals surface area contributed by atoms with Gasteiger partial charge in [0.2, 0.25) is 5.91 Å². The molecule has 1 N–H and O–H groups in total. The molecule has 0 spiro atoms. The molecule has 2 unspecified atom stereocenters. The van der Waals surface area contributed by atoms with E-state index in [2.05, 4.69) is 5.32 Å². The van der Waals surface area contributed by atoms with Crippen LogP contribution in [0.4, 0.5) is 13.2 Å². The number of alkyl halides is 3. The Bertz CT molecular complexity index is 603. The van der Waals surface area contributed by atoms with Gasteiger partial charge >= 0.3 is 6.18 Å². The summed E-state index contributed by atoms with van der Waals surface area (Å²) in [6.45, 7) is 2.48. The van der Waals surface area contributed by atoms with Crippen molar-refractivity contribution in [3.8, 4) is 0 Å². The van der Waals surface area contributed by atoms with Gasteiger partial charge in [0.1, 0.15) is 0 Å². The first-order chi connectivity index (χ1) is 12.0. The Morgan fingerprint density at radius 3 is 2.65 bits per heavy atom. The normalized spacial score (nSPS) is 23.6. The Hall–Kier alpha value is -1.27. The number of rotatable bonds is 4. The quantitative estimate of drug-likeness (QED) is 0.816. The average molecular weight is 391 g/mol. The number of amides is 1. The fourth-order valence-electron chi connectivity index (χ4n) is 4.03. The van der Waals surface area contributed by atoms with Gasteiger partial charge < -0.3 is 10.2 Å². The van der Waals surface area contributed by atoms with Gasteiger partial charge in [-0.1, -0.05) is 18.2 Å². The monoisotopic (exact) mass is 390 g/mol. The molecule has 2 aliphatic heterocycles. The number of piperidine rings is 1. The smallest absolute Gasteiger partial charge is 0.336 e. The molecule has 1 aromatic rings. The SMILES string of the molecule is Cl.O=C(CCC1CCNC1)N1CCCCC1c1ccccc1C(F)(F)F. The van der Waals surface area contributed by atoms with E-state index in [-0.39, 0.29) is 23.9 Å². The van der Waals surface area contributed by atoms with Crippen LogP contribution in [0.2, 0.25) is 0 Å². The van der Waals surface area contributed by atoms with E-state index in [1.165, 1.54) is 12.1 Å². The van der Waals surface area contributed by atoms with E-state index in [1.807, 2.05) is 0 Å². The van der Waals surface area contributed by atoms with Crippen LogP contribution in [0.15, 0.2) is 24.3 Å². The van der Waals surface area contributed by atoms with Crippen LogP contribution in [0.3, 0.4) is 0 Å². The summed E-state index contributed by atoms with van der Waals surface area (Å²) in [5.41, 5.74) is -0.370. The Balaban J connectivity index is 0.00000243. The second-order valence-corrected chi connectivity index (χ2v) is 7.08. The summed E-state index contributed by atoms with van der Waals surface area (Å²) in [6.07, 6.45) is 0.247. The molecule has 0 bridgehead atoms. The van der Waals surface area contributed by atoms with Crippen LogP contribution in [-0.2, 0) is 11.0 Å². The van der Waals surface area contributed by atoms with Crippen molar-refractivity contribution < 1.29 is 18.0 Å². The van der Waals surface area contributed by atoms with E-state index in [9.17, 15) is 18.0 Å². The highest BCUT2D eigenvalue weighted by atomic mass is 35.5. The fraction of sp³-hybridized carbons (Fsp3) is 0.632. The molecule has 2 atom stereocenters. The zero-order valence-corrected chi connectivity index (χ0v) is 15.5. The van der Waals surface area contributed by atoms with Gasteiger partial charge in [0.25, 0.3) is 0 Å². The Morgan fingerprint density at radius 2 is 1.96 bits per heavy atom. The lowest BCUT2D eigenvalue weighted by atomic mass is 9.91. The number of hydrogen-bond acceptors (Lipinski definition) is 2. The van der Waals surface area contributed by atoms with Gasteiger partial charge in [0.05, 0.1) is 11.6 Å². The van der Waals surface area contributed by atoms with Gasteiger partial charge in [-0.2, -0.15) is 13.2 Å². The van der Waals surface area contributed by atoms with E-state index in [1.54, 1.807) is 11.0 Å². The second-order valence-electron chi connectivity index (χ2n) is 7.08. The minimum absolute atomic E-state index is 0. The minimum Gasteiger partial charge on any atom is -0.336 e. The van der Waals surface area contributed by atoms with Gasteiger partial charge in [0.15, 0.2) is 0 Å². The molecule has 3 rings (SSSR count). The third kappa shape index (κ3) is 4.92. The first-order valence-electron chi connectivity index (χ1n) is 9.13. The lowest BCUT2D eigenvalue weighted by Gasteiger charge is -2.37. The summed E-state index contributed by atoms with van der Waals surface area (Å²) >= 11 is 0. The van der Waals surface area contributed by atoms with Crippen molar-refractivity contribution in [3.63, 3.8) is 0 Å². The number of carbonyl (C=O) groups excluding carboxylic acids is 1. The van der Waals surface area contributed by atoms with Gasteiger partial charge in [-0.3, -0.25) is 4.79 Å². The summed E-state index contributed by atoms with van der Waals surface area (Å²) in [7, 11) is 0. The molecule has 0 saturated carbocycles.